The highest BCUT2D eigenvalue weighted by Gasteiger charge is 2.06. The van der Waals surface area contributed by atoms with E-state index in [9.17, 15) is 0 Å². The molecule has 2 heterocycles. The number of nitrogens with zero attached hydrogens (tertiary/aromatic N) is 3. The third-order valence-corrected chi connectivity index (χ3v) is 4.75. The molecule has 0 spiro atoms. The fraction of sp³-hybridized carbons (Fsp3) is 0.300. The van der Waals surface area contributed by atoms with Gasteiger partial charge in [-0.15, -0.1) is 0 Å². The van der Waals surface area contributed by atoms with Gasteiger partial charge in [-0.3, -0.25) is 4.99 Å². The summed E-state index contributed by atoms with van der Waals surface area (Å²) in [6.45, 7) is 1.34. The van der Waals surface area contributed by atoms with E-state index in [4.69, 9.17) is 9.47 Å². The molecule has 0 saturated heterocycles. The zero-order valence-electron chi connectivity index (χ0n) is 16.2. The third-order valence-electron chi connectivity index (χ3n) is 4.28. The molecular weight excluding hydrogens is 422 g/mol. The second-order valence-electron chi connectivity index (χ2n) is 6.14. The lowest BCUT2D eigenvalue weighted by atomic mass is 10.1. The summed E-state index contributed by atoms with van der Waals surface area (Å²) in [5, 5.41) is 6.62. The van der Waals surface area contributed by atoms with Gasteiger partial charge in [0.05, 0.1) is 26.5 Å². The van der Waals surface area contributed by atoms with Crippen molar-refractivity contribution >= 4 is 27.5 Å². The van der Waals surface area contributed by atoms with Crippen LogP contribution >= 0.6 is 15.9 Å². The monoisotopic (exact) mass is 445 g/mol. The van der Waals surface area contributed by atoms with E-state index in [2.05, 4.69) is 36.5 Å². The summed E-state index contributed by atoms with van der Waals surface area (Å²) in [4.78, 5) is 8.87. The van der Waals surface area contributed by atoms with Crippen molar-refractivity contribution in [2.24, 2.45) is 4.99 Å². The Labute approximate surface area is 172 Å². The standard InChI is InChI=1S/C20H24BrN5O2/c1-22-20(23-9-8-14-4-6-17(27-2)18(10-14)28-3)24-11-16-13-26-12-15(21)5-7-19(26)25-16/h4-7,10,12-13H,8-9,11H2,1-3H3,(H2,22,23,24). The zero-order valence-corrected chi connectivity index (χ0v) is 17.8. The van der Waals surface area contributed by atoms with Crippen LogP contribution in [0.25, 0.3) is 5.65 Å². The van der Waals surface area contributed by atoms with Crippen LogP contribution in [0.5, 0.6) is 11.5 Å². The smallest absolute Gasteiger partial charge is 0.191 e. The summed E-state index contributed by atoms with van der Waals surface area (Å²) in [7, 11) is 5.03. The molecule has 148 valence electrons. The molecule has 0 aliphatic rings. The molecule has 7 nitrogen and oxygen atoms in total. The molecule has 8 heteroatoms. The van der Waals surface area contributed by atoms with Gasteiger partial charge >= 0.3 is 0 Å². The first kappa shape index (κ1) is 20.0. The average Bonchev–Trinajstić information content (AvgIpc) is 3.12. The van der Waals surface area contributed by atoms with E-state index < -0.39 is 0 Å². The number of pyridine rings is 1. The van der Waals surface area contributed by atoms with Gasteiger partial charge in [-0.2, -0.15) is 0 Å². The lowest BCUT2D eigenvalue weighted by Gasteiger charge is -2.12. The maximum absolute atomic E-state index is 5.35. The van der Waals surface area contributed by atoms with Crippen LogP contribution in [0.3, 0.4) is 0 Å². The fourth-order valence-electron chi connectivity index (χ4n) is 2.86. The summed E-state index contributed by atoms with van der Waals surface area (Å²) >= 11 is 3.47. The normalized spacial score (nSPS) is 11.5. The largest absolute Gasteiger partial charge is 0.493 e. The maximum atomic E-state index is 5.35. The second-order valence-corrected chi connectivity index (χ2v) is 7.05. The van der Waals surface area contributed by atoms with Crippen LogP contribution in [0, 0.1) is 0 Å². The number of imidazole rings is 1. The van der Waals surface area contributed by atoms with Gasteiger partial charge in [-0.05, 0) is 52.2 Å². The van der Waals surface area contributed by atoms with Gasteiger partial charge in [-0.1, -0.05) is 6.07 Å². The van der Waals surface area contributed by atoms with Crippen LogP contribution in [0.1, 0.15) is 11.3 Å². The van der Waals surface area contributed by atoms with E-state index in [1.165, 1.54) is 0 Å². The summed E-state index contributed by atoms with van der Waals surface area (Å²) in [5.41, 5.74) is 3.02. The fourth-order valence-corrected chi connectivity index (χ4v) is 3.21. The van der Waals surface area contributed by atoms with Crippen molar-refractivity contribution in [2.75, 3.05) is 27.8 Å². The SMILES string of the molecule is CN=C(NCCc1ccc(OC)c(OC)c1)NCc1cn2cc(Br)ccc2n1. The van der Waals surface area contributed by atoms with Crippen molar-refractivity contribution in [1.29, 1.82) is 0 Å². The van der Waals surface area contributed by atoms with E-state index >= 15 is 0 Å². The molecule has 0 aliphatic carbocycles. The molecule has 2 N–H and O–H groups in total. The molecule has 0 amide bonds. The number of aromatic nitrogens is 2. The Balaban J connectivity index is 1.51. The van der Waals surface area contributed by atoms with Crippen molar-refractivity contribution in [1.82, 2.24) is 20.0 Å². The van der Waals surface area contributed by atoms with Crippen LogP contribution in [0.4, 0.5) is 0 Å². The number of halogens is 1. The van der Waals surface area contributed by atoms with Crippen LogP contribution in [-0.2, 0) is 13.0 Å². The highest BCUT2D eigenvalue weighted by Crippen LogP contribution is 2.27. The Kier molecular flexibility index (Phi) is 6.76. The molecule has 0 saturated carbocycles. The van der Waals surface area contributed by atoms with E-state index in [0.29, 0.717) is 6.54 Å². The molecule has 2 aromatic heterocycles. The molecule has 0 bridgehead atoms. The molecule has 0 unspecified atom stereocenters. The van der Waals surface area contributed by atoms with Crippen LogP contribution in [0.2, 0.25) is 0 Å². The average molecular weight is 446 g/mol. The first-order valence-electron chi connectivity index (χ1n) is 8.91. The van der Waals surface area contributed by atoms with E-state index in [1.807, 2.05) is 47.1 Å². The lowest BCUT2D eigenvalue weighted by molar-refractivity contribution is 0.354. The van der Waals surface area contributed by atoms with E-state index in [0.717, 1.165) is 51.8 Å². The van der Waals surface area contributed by atoms with Gasteiger partial charge in [-0.25, -0.2) is 4.98 Å². The molecular formula is C20H24BrN5O2. The highest BCUT2D eigenvalue weighted by molar-refractivity contribution is 9.10. The topological polar surface area (TPSA) is 72.2 Å². The predicted octanol–water partition coefficient (Wildman–Crippen LogP) is 3.02. The number of nitrogens with one attached hydrogen (secondary N) is 2. The second kappa shape index (κ2) is 9.45. The molecule has 0 atom stereocenters. The molecule has 0 radical (unpaired) electrons. The van der Waals surface area contributed by atoms with Crippen molar-refractivity contribution in [2.45, 2.75) is 13.0 Å². The lowest BCUT2D eigenvalue weighted by Crippen LogP contribution is -2.37. The minimum absolute atomic E-state index is 0.593. The number of methoxy groups -OCH3 is 2. The Morgan fingerprint density at radius 2 is 1.93 bits per heavy atom. The molecule has 1 aromatic carbocycles. The number of fused-ring (bicyclic) bond motifs is 1. The molecule has 0 aliphatic heterocycles. The van der Waals surface area contributed by atoms with Gasteiger partial charge in [0, 0.05) is 30.5 Å². The molecule has 3 aromatic rings. The van der Waals surface area contributed by atoms with E-state index in [-0.39, 0.29) is 0 Å². The highest BCUT2D eigenvalue weighted by atomic mass is 79.9. The summed E-state index contributed by atoms with van der Waals surface area (Å²) < 4.78 is 13.6. The summed E-state index contributed by atoms with van der Waals surface area (Å²) in [5.74, 6) is 2.20. The van der Waals surface area contributed by atoms with Crippen LogP contribution < -0.4 is 20.1 Å². The van der Waals surface area contributed by atoms with Crippen LogP contribution in [0.15, 0.2) is 52.2 Å². The van der Waals surface area contributed by atoms with Gasteiger partial charge in [0.1, 0.15) is 5.65 Å². The first-order valence-corrected chi connectivity index (χ1v) is 9.71. The number of rotatable bonds is 7. The minimum atomic E-state index is 0.593. The number of benzene rings is 1. The van der Waals surface area contributed by atoms with Crippen molar-refractivity contribution in [3.8, 4) is 11.5 Å². The molecule has 28 heavy (non-hydrogen) atoms. The van der Waals surface area contributed by atoms with Crippen molar-refractivity contribution in [3.63, 3.8) is 0 Å². The molecule has 0 fully saturated rings. The van der Waals surface area contributed by atoms with E-state index in [1.54, 1.807) is 21.3 Å². The number of aliphatic imine (C=N–C) groups is 1. The predicted molar refractivity (Wildman–Crippen MR) is 114 cm³/mol. The number of hydrogen-bond acceptors (Lipinski definition) is 4. The van der Waals surface area contributed by atoms with Crippen molar-refractivity contribution < 1.29 is 9.47 Å². The van der Waals surface area contributed by atoms with Crippen molar-refractivity contribution in [3.05, 3.63) is 58.5 Å². The van der Waals surface area contributed by atoms with Gasteiger partial charge in [0.2, 0.25) is 0 Å². The quantitative estimate of drug-likeness (QED) is 0.431. The van der Waals surface area contributed by atoms with Crippen LogP contribution in [-0.4, -0.2) is 43.2 Å². The Bertz CT molecular complexity index is 970. The number of ether oxygens (including phenoxy) is 2. The van der Waals surface area contributed by atoms with Gasteiger partial charge in [0.15, 0.2) is 17.5 Å². The summed E-state index contributed by atoms with van der Waals surface area (Å²) in [6.07, 6.45) is 4.83. The summed E-state index contributed by atoms with van der Waals surface area (Å²) in [6, 6.07) is 9.90. The zero-order chi connectivity index (χ0) is 19.9. The minimum Gasteiger partial charge on any atom is -0.493 e. The Morgan fingerprint density at radius 3 is 2.68 bits per heavy atom. The van der Waals surface area contributed by atoms with Gasteiger partial charge < -0.3 is 24.5 Å². The third kappa shape index (κ3) is 4.95. The number of hydrogen-bond donors (Lipinski definition) is 2. The Hall–Kier alpha value is -2.74. The van der Waals surface area contributed by atoms with Gasteiger partial charge in [0.25, 0.3) is 0 Å². The maximum Gasteiger partial charge on any atom is 0.191 e. The Morgan fingerprint density at radius 1 is 1.11 bits per heavy atom. The molecule has 3 rings (SSSR count). The number of guanidine groups is 1. The first-order chi connectivity index (χ1) is 13.6.